The summed E-state index contributed by atoms with van der Waals surface area (Å²) in [6.07, 6.45) is 1.47. The van der Waals surface area contributed by atoms with E-state index >= 15 is 0 Å². The zero-order chi connectivity index (χ0) is 21.0. The molecule has 0 aliphatic rings. The van der Waals surface area contributed by atoms with E-state index in [4.69, 9.17) is 16.3 Å². The molecular formula is C26H24ClNO2. The van der Waals surface area contributed by atoms with Gasteiger partial charge in [-0.25, -0.2) is 4.98 Å². The molecule has 4 aromatic rings. The molecule has 3 aromatic carbocycles. The number of rotatable bonds is 7. The van der Waals surface area contributed by atoms with Gasteiger partial charge < -0.3 is 9.84 Å². The van der Waals surface area contributed by atoms with Crippen LogP contribution in [0, 0.1) is 0 Å². The van der Waals surface area contributed by atoms with Crippen LogP contribution in [0.4, 0.5) is 0 Å². The Morgan fingerprint density at radius 2 is 1.53 bits per heavy atom. The van der Waals surface area contributed by atoms with E-state index in [9.17, 15) is 5.11 Å². The fourth-order valence-electron chi connectivity index (χ4n) is 3.72. The minimum atomic E-state index is -1.06. The number of benzene rings is 3. The smallest absolute Gasteiger partial charge is 0.130 e. The Kier molecular flexibility index (Phi) is 6.03. The van der Waals surface area contributed by atoms with Gasteiger partial charge in [0.25, 0.3) is 0 Å². The number of ether oxygens (including phenoxy) is 1. The normalized spacial score (nSPS) is 13.2. The van der Waals surface area contributed by atoms with E-state index in [-0.39, 0.29) is 0 Å². The number of para-hydroxylation sites is 1. The molecule has 1 N–H and O–H groups in total. The molecule has 0 saturated carbocycles. The van der Waals surface area contributed by atoms with Crippen molar-refractivity contribution in [2.75, 3.05) is 0 Å². The number of fused-ring (bicyclic) bond motifs is 1. The summed E-state index contributed by atoms with van der Waals surface area (Å²) in [5, 5.41) is 13.2. The molecular weight excluding hydrogens is 394 g/mol. The zero-order valence-electron chi connectivity index (χ0n) is 16.9. The molecule has 3 nitrogen and oxygen atoms in total. The van der Waals surface area contributed by atoms with Crippen LogP contribution in [0.25, 0.3) is 10.9 Å². The molecule has 1 aromatic heterocycles. The highest BCUT2D eigenvalue weighted by Gasteiger charge is 2.30. The van der Waals surface area contributed by atoms with Gasteiger partial charge in [0.15, 0.2) is 0 Å². The Morgan fingerprint density at radius 1 is 0.867 bits per heavy atom. The first kappa shape index (κ1) is 20.4. The largest absolute Gasteiger partial charge is 0.487 e. The SMILES string of the molecule is CCCC(O)(c1ccc(Cl)cc1)c1ccc(OCc2ccc3ccccc3n2)cc1. The first-order valence-corrected chi connectivity index (χ1v) is 10.5. The summed E-state index contributed by atoms with van der Waals surface area (Å²) in [7, 11) is 0. The minimum absolute atomic E-state index is 0.389. The van der Waals surface area contributed by atoms with Gasteiger partial charge in [0.2, 0.25) is 0 Å². The van der Waals surface area contributed by atoms with Crippen molar-refractivity contribution in [3.05, 3.63) is 107 Å². The Morgan fingerprint density at radius 3 is 2.23 bits per heavy atom. The lowest BCUT2D eigenvalue weighted by atomic mass is 9.83. The second-order valence-corrected chi connectivity index (χ2v) is 7.86. The maximum absolute atomic E-state index is 11.5. The van der Waals surface area contributed by atoms with Gasteiger partial charge in [0.05, 0.1) is 11.2 Å². The second-order valence-electron chi connectivity index (χ2n) is 7.43. The van der Waals surface area contributed by atoms with Crippen LogP contribution >= 0.6 is 11.6 Å². The predicted molar refractivity (Wildman–Crippen MR) is 122 cm³/mol. The van der Waals surface area contributed by atoms with Crippen LogP contribution in [0.5, 0.6) is 5.75 Å². The van der Waals surface area contributed by atoms with E-state index in [0.29, 0.717) is 18.1 Å². The van der Waals surface area contributed by atoms with Crippen LogP contribution in [-0.4, -0.2) is 10.1 Å². The summed E-state index contributed by atoms with van der Waals surface area (Å²) in [6.45, 7) is 2.45. The van der Waals surface area contributed by atoms with Crippen molar-refractivity contribution in [3.8, 4) is 5.75 Å². The number of hydrogen-bond donors (Lipinski definition) is 1. The van der Waals surface area contributed by atoms with Crippen molar-refractivity contribution < 1.29 is 9.84 Å². The number of hydrogen-bond acceptors (Lipinski definition) is 3. The van der Waals surface area contributed by atoms with Crippen molar-refractivity contribution in [2.24, 2.45) is 0 Å². The monoisotopic (exact) mass is 417 g/mol. The number of aromatic nitrogens is 1. The van der Waals surface area contributed by atoms with E-state index in [1.165, 1.54) is 0 Å². The predicted octanol–water partition coefficient (Wildman–Crippen LogP) is 6.50. The number of nitrogens with zero attached hydrogens (tertiary/aromatic N) is 1. The fourth-order valence-corrected chi connectivity index (χ4v) is 3.84. The lowest BCUT2D eigenvalue weighted by Gasteiger charge is -2.29. The second kappa shape index (κ2) is 8.86. The molecule has 4 heteroatoms. The van der Waals surface area contributed by atoms with Crippen molar-refractivity contribution in [1.82, 2.24) is 4.98 Å². The van der Waals surface area contributed by atoms with Crippen LogP contribution in [-0.2, 0) is 12.2 Å². The highest BCUT2D eigenvalue weighted by molar-refractivity contribution is 6.30. The number of pyridine rings is 1. The van der Waals surface area contributed by atoms with Crippen molar-refractivity contribution in [3.63, 3.8) is 0 Å². The van der Waals surface area contributed by atoms with Gasteiger partial charge in [0, 0.05) is 10.4 Å². The lowest BCUT2D eigenvalue weighted by molar-refractivity contribution is 0.0701. The third-order valence-corrected chi connectivity index (χ3v) is 5.56. The molecule has 0 amide bonds. The van der Waals surface area contributed by atoms with Crippen LogP contribution < -0.4 is 4.74 Å². The molecule has 0 fully saturated rings. The third-order valence-electron chi connectivity index (χ3n) is 5.31. The van der Waals surface area contributed by atoms with Gasteiger partial charge in [-0.1, -0.05) is 73.5 Å². The highest BCUT2D eigenvalue weighted by Crippen LogP contribution is 2.35. The van der Waals surface area contributed by atoms with E-state index < -0.39 is 5.60 Å². The third kappa shape index (κ3) is 4.33. The Hall–Kier alpha value is -2.88. The van der Waals surface area contributed by atoms with Crippen LogP contribution in [0.15, 0.2) is 84.9 Å². The summed E-state index contributed by atoms with van der Waals surface area (Å²) in [5.74, 6) is 0.740. The molecule has 0 bridgehead atoms. The van der Waals surface area contributed by atoms with Crippen molar-refractivity contribution in [1.29, 1.82) is 0 Å². The van der Waals surface area contributed by atoms with Crippen LogP contribution in [0.1, 0.15) is 36.6 Å². The molecule has 0 aliphatic heterocycles. The van der Waals surface area contributed by atoms with Crippen molar-refractivity contribution >= 4 is 22.5 Å². The Labute approximate surface area is 181 Å². The molecule has 4 rings (SSSR count). The summed E-state index contributed by atoms with van der Waals surface area (Å²) in [4.78, 5) is 4.64. The summed E-state index contributed by atoms with van der Waals surface area (Å²) < 4.78 is 5.93. The van der Waals surface area contributed by atoms with Gasteiger partial charge in [-0.3, -0.25) is 0 Å². The first-order valence-electron chi connectivity index (χ1n) is 10.1. The Bertz CT molecular complexity index is 1130. The Balaban J connectivity index is 1.51. The average molecular weight is 418 g/mol. The highest BCUT2D eigenvalue weighted by atomic mass is 35.5. The van der Waals surface area contributed by atoms with Crippen LogP contribution in [0.2, 0.25) is 5.02 Å². The van der Waals surface area contributed by atoms with E-state index in [0.717, 1.165) is 39.9 Å². The quantitative estimate of drug-likeness (QED) is 0.373. The summed E-state index contributed by atoms with van der Waals surface area (Å²) >= 11 is 6.02. The molecule has 0 radical (unpaired) electrons. The average Bonchev–Trinajstić information content (AvgIpc) is 2.78. The molecule has 1 heterocycles. The fraction of sp³-hybridized carbons (Fsp3) is 0.192. The standard InChI is InChI=1S/C26H24ClNO2/c1-2-17-26(29,20-8-12-22(27)13-9-20)21-10-15-24(16-11-21)30-18-23-14-7-19-5-3-4-6-25(19)28-23/h3-16,29H,2,17-18H2,1H3. The van der Waals surface area contributed by atoms with Gasteiger partial charge in [-0.15, -0.1) is 0 Å². The van der Waals surface area contributed by atoms with Crippen LogP contribution in [0.3, 0.4) is 0 Å². The lowest BCUT2D eigenvalue weighted by Crippen LogP contribution is -2.27. The maximum atomic E-state index is 11.5. The molecule has 1 unspecified atom stereocenters. The molecule has 0 aliphatic carbocycles. The van der Waals surface area contributed by atoms with Gasteiger partial charge >= 0.3 is 0 Å². The van der Waals surface area contributed by atoms with Gasteiger partial charge in [-0.2, -0.15) is 0 Å². The maximum Gasteiger partial charge on any atom is 0.130 e. The summed E-state index contributed by atoms with van der Waals surface area (Å²) in [6, 6.07) is 27.1. The molecule has 30 heavy (non-hydrogen) atoms. The molecule has 152 valence electrons. The number of aliphatic hydroxyl groups is 1. The topological polar surface area (TPSA) is 42.4 Å². The van der Waals surface area contributed by atoms with E-state index in [2.05, 4.69) is 18.0 Å². The van der Waals surface area contributed by atoms with Gasteiger partial charge in [-0.05, 0) is 53.9 Å². The van der Waals surface area contributed by atoms with E-state index in [1.54, 1.807) is 0 Å². The first-order chi connectivity index (χ1) is 14.6. The van der Waals surface area contributed by atoms with Crippen molar-refractivity contribution in [2.45, 2.75) is 32.0 Å². The molecule has 0 saturated heterocycles. The molecule has 0 spiro atoms. The summed E-state index contributed by atoms with van der Waals surface area (Å²) in [5.41, 5.74) is 2.45. The zero-order valence-corrected chi connectivity index (χ0v) is 17.6. The minimum Gasteiger partial charge on any atom is -0.487 e. The number of halogens is 1. The van der Waals surface area contributed by atoms with Gasteiger partial charge in [0.1, 0.15) is 18.0 Å². The molecule has 1 atom stereocenters. The van der Waals surface area contributed by atoms with E-state index in [1.807, 2.05) is 78.9 Å².